The third kappa shape index (κ3) is 5.10. The molecule has 0 bridgehead atoms. The molecular formula is C18H28Cl2N6S. The van der Waals surface area contributed by atoms with E-state index in [4.69, 9.17) is 12.2 Å². The van der Waals surface area contributed by atoms with E-state index in [-0.39, 0.29) is 24.8 Å². The van der Waals surface area contributed by atoms with E-state index in [2.05, 4.69) is 62.6 Å². The first-order chi connectivity index (χ1) is 12.2. The highest BCUT2D eigenvalue weighted by atomic mass is 35.5. The molecule has 0 aliphatic rings. The third-order valence-electron chi connectivity index (χ3n) is 4.68. The molecule has 3 rings (SSSR count). The standard InChI is InChI=1S/C18H26N6S.2ClH/c1-4-23(5-2)9-7-8-19-17-13-10-16-15(11-14(13)20-12-21-17)22-18(25)24(16)6-3;;/h10-12H,4-9H2,1-3H3,(H,22,25)(H,19,20,21);2*1H. The van der Waals surface area contributed by atoms with E-state index >= 15 is 0 Å². The predicted molar refractivity (Wildman–Crippen MR) is 121 cm³/mol. The van der Waals surface area contributed by atoms with Crippen LogP contribution >= 0.6 is 37.0 Å². The van der Waals surface area contributed by atoms with Gasteiger partial charge in [-0.3, -0.25) is 0 Å². The van der Waals surface area contributed by atoms with Crippen molar-refractivity contribution in [2.45, 2.75) is 33.7 Å². The molecule has 27 heavy (non-hydrogen) atoms. The molecule has 0 saturated heterocycles. The molecule has 1 aromatic carbocycles. The van der Waals surface area contributed by atoms with Gasteiger partial charge in [0.05, 0.1) is 16.6 Å². The van der Waals surface area contributed by atoms with Gasteiger partial charge in [-0.05, 0) is 57.3 Å². The first-order valence-electron chi connectivity index (χ1n) is 9.01. The lowest BCUT2D eigenvalue weighted by Crippen LogP contribution is -2.25. The van der Waals surface area contributed by atoms with Crippen molar-refractivity contribution in [2.24, 2.45) is 0 Å². The van der Waals surface area contributed by atoms with Crippen molar-refractivity contribution in [1.29, 1.82) is 0 Å². The van der Waals surface area contributed by atoms with Crippen LogP contribution in [0.2, 0.25) is 0 Å². The number of aryl methyl sites for hydroxylation is 1. The quantitative estimate of drug-likeness (QED) is 0.402. The maximum Gasteiger partial charge on any atom is 0.178 e. The normalized spacial score (nSPS) is 10.8. The van der Waals surface area contributed by atoms with Gasteiger partial charge < -0.3 is 19.8 Å². The monoisotopic (exact) mass is 430 g/mol. The van der Waals surface area contributed by atoms with Crippen LogP contribution in [0, 0.1) is 4.77 Å². The molecule has 0 aliphatic heterocycles. The van der Waals surface area contributed by atoms with Crippen molar-refractivity contribution in [1.82, 2.24) is 24.4 Å². The number of aromatic amines is 1. The minimum atomic E-state index is 0. The first kappa shape index (κ1) is 23.6. The van der Waals surface area contributed by atoms with Crippen LogP contribution in [0.3, 0.4) is 0 Å². The Morgan fingerprint density at radius 3 is 2.56 bits per heavy atom. The van der Waals surface area contributed by atoms with Gasteiger partial charge in [0.15, 0.2) is 4.77 Å². The van der Waals surface area contributed by atoms with Crippen LogP contribution in [-0.4, -0.2) is 50.6 Å². The summed E-state index contributed by atoms with van der Waals surface area (Å²) >= 11 is 5.41. The highest BCUT2D eigenvalue weighted by Crippen LogP contribution is 2.25. The van der Waals surface area contributed by atoms with Gasteiger partial charge in [-0.25, -0.2) is 9.97 Å². The van der Waals surface area contributed by atoms with Crippen LogP contribution in [0.5, 0.6) is 0 Å². The molecule has 0 atom stereocenters. The Morgan fingerprint density at radius 2 is 1.89 bits per heavy atom. The van der Waals surface area contributed by atoms with Gasteiger partial charge in [-0.15, -0.1) is 24.8 Å². The zero-order valence-corrected chi connectivity index (χ0v) is 18.4. The second-order valence-corrected chi connectivity index (χ2v) is 6.48. The summed E-state index contributed by atoms with van der Waals surface area (Å²) in [6.07, 6.45) is 2.71. The number of H-pyrrole nitrogens is 1. The number of fused-ring (bicyclic) bond motifs is 2. The lowest BCUT2D eigenvalue weighted by molar-refractivity contribution is 0.303. The molecule has 0 saturated carbocycles. The summed E-state index contributed by atoms with van der Waals surface area (Å²) in [7, 11) is 0. The molecule has 0 amide bonds. The molecule has 2 heterocycles. The third-order valence-corrected chi connectivity index (χ3v) is 5.01. The molecule has 0 fully saturated rings. The van der Waals surface area contributed by atoms with Crippen molar-refractivity contribution < 1.29 is 0 Å². The number of benzene rings is 1. The maximum atomic E-state index is 5.41. The SMILES string of the molecule is CCN(CC)CCCNc1ncnc2cc3[nH]c(=S)n(CC)c3cc12.Cl.Cl. The van der Waals surface area contributed by atoms with Gasteiger partial charge >= 0.3 is 0 Å². The number of nitrogens with zero attached hydrogens (tertiary/aromatic N) is 4. The number of nitrogens with one attached hydrogen (secondary N) is 2. The van der Waals surface area contributed by atoms with Gasteiger partial charge in [0.25, 0.3) is 0 Å². The van der Waals surface area contributed by atoms with E-state index < -0.39 is 0 Å². The van der Waals surface area contributed by atoms with Gasteiger partial charge in [0, 0.05) is 18.5 Å². The number of hydrogen-bond acceptors (Lipinski definition) is 5. The maximum absolute atomic E-state index is 5.41. The number of rotatable bonds is 8. The molecule has 150 valence electrons. The number of halogens is 2. The van der Waals surface area contributed by atoms with Crippen LogP contribution in [0.25, 0.3) is 21.9 Å². The van der Waals surface area contributed by atoms with Crippen molar-refractivity contribution in [3.05, 3.63) is 23.2 Å². The summed E-state index contributed by atoms with van der Waals surface area (Å²) in [5.74, 6) is 0.890. The fourth-order valence-electron chi connectivity index (χ4n) is 3.21. The van der Waals surface area contributed by atoms with E-state index in [1.807, 2.05) is 0 Å². The van der Waals surface area contributed by atoms with Gasteiger partial charge in [0.2, 0.25) is 0 Å². The van der Waals surface area contributed by atoms with Crippen molar-refractivity contribution >= 4 is 64.8 Å². The summed E-state index contributed by atoms with van der Waals surface area (Å²) < 4.78 is 2.84. The molecule has 9 heteroatoms. The topological polar surface area (TPSA) is 61.8 Å². The second-order valence-electron chi connectivity index (χ2n) is 6.09. The average Bonchev–Trinajstić information content (AvgIpc) is 2.94. The van der Waals surface area contributed by atoms with E-state index in [1.165, 1.54) is 0 Å². The zero-order valence-electron chi connectivity index (χ0n) is 16.0. The largest absolute Gasteiger partial charge is 0.369 e. The summed E-state index contributed by atoms with van der Waals surface area (Å²) in [4.78, 5) is 14.6. The van der Waals surface area contributed by atoms with E-state index in [0.29, 0.717) is 0 Å². The Morgan fingerprint density at radius 1 is 1.15 bits per heavy atom. The Bertz CT molecular complexity index is 919. The molecule has 6 nitrogen and oxygen atoms in total. The molecular weight excluding hydrogens is 403 g/mol. The Labute approximate surface area is 177 Å². The smallest absolute Gasteiger partial charge is 0.178 e. The zero-order chi connectivity index (χ0) is 17.8. The van der Waals surface area contributed by atoms with Crippen LogP contribution in [0.15, 0.2) is 18.5 Å². The Kier molecular flexibility index (Phi) is 9.45. The van der Waals surface area contributed by atoms with Crippen LogP contribution in [-0.2, 0) is 6.54 Å². The predicted octanol–water partition coefficient (Wildman–Crippen LogP) is 4.65. The van der Waals surface area contributed by atoms with E-state index in [9.17, 15) is 0 Å². The highest BCUT2D eigenvalue weighted by molar-refractivity contribution is 7.71. The summed E-state index contributed by atoms with van der Waals surface area (Å²) in [6.45, 7) is 11.5. The van der Waals surface area contributed by atoms with E-state index in [0.717, 1.165) is 71.7 Å². The van der Waals surface area contributed by atoms with Crippen molar-refractivity contribution in [2.75, 3.05) is 31.5 Å². The number of aromatic nitrogens is 4. The van der Waals surface area contributed by atoms with Crippen LogP contribution in [0.4, 0.5) is 5.82 Å². The Hall–Kier alpha value is -1.41. The molecule has 0 spiro atoms. The minimum Gasteiger partial charge on any atom is -0.369 e. The molecule has 0 unspecified atom stereocenters. The van der Waals surface area contributed by atoms with Crippen LogP contribution < -0.4 is 5.32 Å². The minimum absolute atomic E-state index is 0. The summed E-state index contributed by atoms with van der Waals surface area (Å²) in [6, 6.07) is 4.18. The lowest BCUT2D eigenvalue weighted by Gasteiger charge is -2.18. The molecule has 3 aromatic rings. The summed E-state index contributed by atoms with van der Waals surface area (Å²) in [5.41, 5.74) is 3.04. The molecule has 2 aromatic heterocycles. The number of hydrogen-bond donors (Lipinski definition) is 2. The van der Waals surface area contributed by atoms with Crippen molar-refractivity contribution in [3.8, 4) is 0 Å². The van der Waals surface area contributed by atoms with Crippen molar-refractivity contribution in [3.63, 3.8) is 0 Å². The van der Waals surface area contributed by atoms with Gasteiger partial charge in [-0.1, -0.05) is 13.8 Å². The van der Waals surface area contributed by atoms with Gasteiger partial charge in [0.1, 0.15) is 12.1 Å². The van der Waals surface area contributed by atoms with Crippen LogP contribution in [0.1, 0.15) is 27.2 Å². The highest BCUT2D eigenvalue weighted by Gasteiger charge is 2.09. The number of imidazole rings is 1. The Balaban J connectivity index is 0.00000182. The van der Waals surface area contributed by atoms with Gasteiger partial charge in [-0.2, -0.15) is 0 Å². The molecule has 0 radical (unpaired) electrons. The fourth-order valence-corrected chi connectivity index (χ4v) is 3.55. The first-order valence-corrected chi connectivity index (χ1v) is 9.42. The molecule has 2 N–H and O–H groups in total. The fraction of sp³-hybridized carbons (Fsp3) is 0.500. The average molecular weight is 431 g/mol. The second kappa shape index (κ2) is 10.8. The van der Waals surface area contributed by atoms with E-state index in [1.54, 1.807) is 6.33 Å². The molecule has 0 aliphatic carbocycles. The lowest BCUT2D eigenvalue weighted by atomic mass is 10.2. The summed E-state index contributed by atoms with van der Waals surface area (Å²) in [5, 5.41) is 4.51. The number of anilines is 1.